The third kappa shape index (κ3) is 3.45. The van der Waals surface area contributed by atoms with Crippen LogP contribution in [-0.4, -0.2) is 11.6 Å². The summed E-state index contributed by atoms with van der Waals surface area (Å²) in [4.78, 5) is 7.29. The Bertz CT molecular complexity index is 682. The van der Waals surface area contributed by atoms with Crippen molar-refractivity contribution in [2.45, 2.75) is 29.1 Å². The van der Waals surface area contributed by atoms with Crippen LogP contribution in [0.2, 0.25) is 5.02 Å². The smallest absolute Gasteiger partial charge is 0.0787 e. The van der Waals surface area contributed by atoms with E-state index in [0.717, 1.165) is 40.6 Å². The fraction of sp³-hybridized carbons (Fsp3) is 0.235. The first-order valence-electron chi connectivity index (χ1n) is 6.98. The summed E-state index contributed by atoms with van der Waals surface area (Å²) in [5.74, 6) is 0.700. The van der Waals surface area contributed by atoms with Gasteiger partial charge in [-0.2, -0.15) is 0 Å². The third-order valence-corrected chi connectivity index (χ3v) is 5.03. The van der Waals surface area contributed by atoms with Crippen molar-refractivity contribution < 1.29 is 0 Å². The molecule has 0 radical (unpaired) electrons. The average Bonchev–Trinajstić information content (AvgIpc) is 2.64. The third-order valence-electron chi connectivity index (χ3n) is 3.39. The highest BCUT2D eigenvalue weighted by Crippen LogP contribution is 2.41. The first-order chi connectivity index (χ1) is 10.3. The van der Waals surface area contributed by atoms with E-state index in [9.17, 15) is 0 Å². The summed E-state index contributed by atoms with van der Waals surface area (Å²) in [6.45, 7) is 0. The van der Waals surface area contributed by atoms with E-state index in [1.54, 1.807) is 11.8 Å². The number of aliphatic imine (C=N–C) groups is 1. The van der Waals surface area contributed by atoms with E-state index in [1.807, 2.05) is 18.2 Å². The molecule has 2 aromatic rings. The molecule has 0 atom stereocenters. The Balaban J connectivity index is 2.04. The zero-order valence-electron chi connectivity index (χ0n) is 11.5. The molecular formula is C17H15Cl2NS. The molecule has 4 heteroatoms. The fourth-order valence-electron chi connectivity index (χ4n) is 2.36. The first-order valence-corrected chi connectivity index (χ1v) is 8.71. The Kier molecular flexibility index (Phi) is 4.89. The Morgan fingerprint density at radius 3 is 2.71 bits per heavy atom. The molecule has 0 N–H and O–H groups in total. The van der Waals surface area contributed by atoms with Crippen molar-refractivity contribution in [3.63, 3.8) is 0 Å². The number of unbranched alkanes of at least 4 members (excludes halogenated alkanes) is 1. The molecule has 1 nitrogen and oxygen atoms in total. The van der Waals surface area contributed by atoms with Crippen molar-refractivity contribution in [3.8, 4) is 0 Å². The largest absolute Gasteiger partial charge is 0.252 e. The second kappa shape index (κ2) is 6.87. The Morgan fingerprint density at radius 1 is 1.00 bits per heavy atom. The average molecular weight is 336 g/mol. The van der Waals surface area contributed by atoms with Crippen LogP contribution in [0.1, 0.15) is 24.8 Å². The molecule has 0 aromatic heterocycles. The van der Waals surface area contributed by atoms with Crippen molar-refractivity contribution in [3.05, 3.63) is 53.1 Å². The van der Waals surface area contributed by atoms with Crippen LogP contribution in [0.15, 0.2) is 57.2 Å². The number of rotatable bonds is 4. The maximum absolute atomic E-state index is 6.12. The van der Waals surface area contributed by atoms with Gasteiger partial charge in [0.1, 0.15) is 0 Å². The molecule has 3 rings (SSSR count). The minimum atomic E-state index is 0.700. The molecule has 0 saturated carbocycles. The van der Waals surface area contributed by atoms with Gasteiger partial charge in [0, 0.05) is 32.0 Å². The molecule has 0 amide bonds. The number of hydrogen-bond donors (Lipinski definition) is 0. The van der Waals surface area contributed by atoms with E-state index in [0.29, 0.717) is 5.88 Å². The molecule has 0 spiro atoms. The number of benzene rings is 2. The summed E-state index contributed by atoms with van der Waals surface area (Å²) in [7, 11) is 0. The van der Waals surface area contributed by atoms with Gasteiger partial charge in [0.25, 0.3) is 0 Å². The molecule has 2 aromatic carbocycles. The molecule has 1 heterocycles. The van der Waals surface area contributed by atoms with Gasteiger partial charge in [-0.25, -0.2) is 0 Å². The van der Waals surface area contributed by atoms with Gasteiger partial charge in [0.15, 0.2) is 0 Å². The topological polar surface area (TPSA) is 12.4 Å². The van der Waals surface area contributed by atoms with E-state index < -0.39 is 0 Å². The zero-order chi connectivity index (χ0) is 14.7. The molecule has 1 aliphatic rings. The number of hydrogen-bond acceptors (Lipinski definition) is 2. The normalized spacial score (nSPS) is 13.1. The van der Waals surface area contributed by atoms with Crippen LogP contribution in [0.3, 0.4) is 0 Å². The summed E-state index contributed by atoms with van der Waals surface area (Å²) in [6, 6.07) is 14.4. The molecular weight excluding hydrogens is 321 g/mol. The Hall–Kier alpha value is -0.960. The molecule has 1 aliphatic heterocycles. The molecule has 0 aliphatic carbocycles. The number of fused-ring (bicyclic) bond motifs is 2. The van der Waals surface area contributed by atoms with Crippen LogP contribution in [-0.2, 0) is 0 Å². The number of halogens is 2. The molecule has 21 heavy (non-hydrogen) atoms. The van der Waals surface area contributed by atoms with Crippen LogP contribution in [0.4, 0.5) is 5.69 Å². The van der Waals surface area contributed by atoms with E-state index in [2.05, 4.69) is 24.3 Å². The maximum atomic E-state index is 6.12. The zero-order valence-corrected chi connectivity index (χ0v) is 13.8. The number of nitrogens with zero attached hydrogens (tertiary/aromatic N) is 1. The highest BCUT2D eigenvalue weighted by molar-refractivity contribution is 7.99. The lowest BCUT2D eigenvalue weighted by atomic mass is 10.0. The van der Waals surface area contributed by atoms with E-state index in [4.69, 9.17) is 28.2 Å². The summed E-state index contributed by atoms with van der Waals surface area (Å²) in [6.07, 6.45) is 3.01. The molecule has 0 bridgehead atoms. The summed E-state index contributed by atoms with van der Waals surface area (Å²) < 4.78 is 0. The van der Waals surface area contributed by atoms with Crippen LogP contribution >= 0.6 is 35.0 Å². The first kappa shape index (κ1) is 15.0. The van der Waals surface area contributed by atoms with Gasteiger partial charge in [-0.3, -0.25) is 4.99 Å². The van der Waals surface area contributed by atoms with Gasteiger partial charge in [0.05, 0.1) is 5.69 Å². The van der Waals surface area contributed by atoms with Gasteiger partial charge in [0.2, 0.25) is 0 Å². The standard InChI is InChI=1S/C17H15Cl2NS/c18-10-4-3-6-14-13-5-1-2-7-16(13)21-17-9-8-12(19)11-15(17)20-14/h1-2,5,7-9,11H,3-4,6,10H2. The Labute approximate surface area is 139 Å². The predicted molar refractivity (Wildman–Crippen MR) is 92.8 cm³/mol. The predicted octanol–water partition coefficient (Wildman–Crippen LogP) is 6.33. The molecule has 0 unspecified atom stereocenters. The highest BCUT2D eigenvalue weighted by atomic mass is 35.5. The van der Waals surface area contributed by atoms with Gasteiger partial charge in [-0.05, 0) is 43.5 Å². The van der Waals surface area contributed by atoms with Gasteiger partial charge >= 0.3 is 0 Å². The van der Waals surface area contributed by atoms with Crippen LogP contribution in [0.25, 0.3) is 0 Å². The van der Waals surface area contributed by atoms with Gasteiger partial charge in [-0.15, -0.1) is 11.6 Å². The lowest BCUT2D eigenvalue weighted by Crippen LogP contribution is -2.01. The van der Waals surface area contributed by atoms with Crippen LogP contribution in [0, 0.1) is 0 Å². The quantitative estimate of drug-likeness (QED) is 0.469. The fourth-order valence-corrected chi connectivity index (χ4v) is 3.74. The minimum Gasteiger partial charge on any atom is -0.252 e. The van der Waals surface area contributed by atoms with Crippen molar-refractivity contribution in [1.29, 1.82) is 0 Å². The number of alkyl halides is 1. The SMILES string of the molecule is ClCCCCC1=Nc2cc(Cl)ccc2Sc2ccccc21. The van der Waals surface area contributed by atoms with Crippen LogP contribution < -0.4 is 0 Å². The lowest BCUT2D eigenvalue weighted by Gasteiger charge is -2.08. The van der Waals surface area contributed by atoms with Crippen molar-refractivity contribution in [1.82, 2.24) is 0 Å². The van der Waals surface area contributed by atoms with Gasteiger partial charge in [-0.1, -0.05) is 41.6 Å². The van der Waals surface area contributed by atoms with Gasteiger partial charge < -0.3 is 0 Å². The van der Waals surface area contributed by atoms with Crippen LogP contribution in [0.5, 0.6) is 0 Å². The molecule has 108 valence electrons. The molecule has 0 saturated heterocycles. The summed E-state index contributed by atoms with van der Waals surface area (Å²) in [5, 5.41) is 0.726. The lowest BCUT2D eigenvalue weighted by molar-refractivity contribution is 0.840. The monoisotopic (exact) mass is 335 g/mol. The van der Waals surface area contributed by atoms with E-state index in [1.165, 1.54) is 10.5 Å². The molecule has 0 fully saturated rings. The van der Waals surface area contributed by atoms with E-state index >= 15 is 0 Å². The summed E-state index contributed by atoms with van der Waals surface area (Å²) in [5.41, 5.74) is 3.32. The second-order valence-corrected chi connectivity index (χ2v) is 6.81. The second-order valence-electron chi connectivity index (χ2n) is 4.91. The minimum absolute atomic E-state index is 0.700. The van der Waals surface area contributed by atoms with E-state index in [-0.39, 0.29) is 0 Å². The highest BCUT2D eigenvalue weighted by Gasteiger charge is 2.17. The summed E-state index contributed by atoms with van der Waals surface area (Å²) >= 11 is 13.7. The Morgan fingerprint density at radius 2 is 1.86 bits per heavy atom. The maximum Gasteiger partial charge on any atom is 0.0787 e. The van der Waals surface area contributed by atoms with Crippen molar-refractivity contribution >= 4 is 46.4 Å². The van der Waals surface area contributed by atoms with Crippen molar-refractivity contribution in [2.75, 3.05) is 5.88 Å². The van der Waals surface area contributed by atoms with Crippen molar-refractivity contribution in [2.24, 2.45) is 4.99 Å².